The number of anilines is 1. The van der Waals surface area contributed by atoms with Crippen LogP contribution in [0.4, 0.5) is 11.5 Å². The number of carbonyl (C=O) groups excluding carboxylic acids is 2. The zero-order valence-corrected chi connectivity index (χ0v) is 17.5. The molecule has 0 radical (unpaired) electrons. The Hall–Kier alpha value is -3.53. The van der Waals surface area contributed by atoms with Crippen molar-refractivity contribution in [1.82, 2.24) is 10.3 Å². The summed E-state index contributed by atoms with van der Waals surface area (Å²) in [6, 6.07) is 7.19. The predicted octanol–water partition coefficient (Wildman–Crippen LogP) is 2.32. The Kier molecular flexibility index (Phi) is 6.81. The largest absolute Gasteiger partial charge is 0.465 e. The van der Waals surface area contributed by atoms with Gasteiger partial charge in [-0.05, 0) is 31.5 Å². The van der Waals surface area contributed by atoms with Crippen molar-refractivity contribution >= 4 is 23.4 Å². The molecule has 31 heavy (non-hydrogen) atoms. The van der Waals surface area contributed by atoms with Gasteiger partial charge < -0.3 is 19.7 Å². The molecular weight excluding hydrogens is 404 g/mol. The summed E-state index contributed by atoms with van der Waals surface area (Å²) in [4.78, 5) is 41.3. The number of aromatic nitrogens is 1. The van der Waals surface area contributed by atoms with Gasteiger partial charge in [-0.25, -0.2) is 9.78 Å². The number of nitro groups is 1. The summed E-state index contributed by atoms with van der Waals surface area (Å²) in [6.45, 7) is 5.72. The van der Waals surface area contributed by atoms with Crippen LogP contribution >= 0.6 is 0 Å². The number of benzene rings is 1. The van der Waals surface area contributed by atoms with Crippen molar-refractivity contribution < 1.29 is 24.0 Å². The van der Waals surface area contributed by atoms with Gasteiger partial charge in [0.2, 0.25) is 0 Å². The Morgan fingerprint density at radius 2 is 1.90 bits per heavy atom. The first-order valence-electron chi connectivity index (χ1n) is 9.78. The van der Waals surface area contributed by atoms with Gasteiger partial charge in [0, 0.05) is 43.5 Å². The molecule has 1 amide bonds. The molecule has 2 atom stereocenters. The SMILES string of the molecule is COC(=O)c1cc(C(=O)NCc2ccc(N3CC(C)OC(C)C3)nc2)cc([N+](=O)[O-])c1. The molecule has 1 aliphatic heterocycles. The van der Waals surface area contributed by atoms with Crippen molar-refractivity contribution in [3.05, 3.63) is 63.3 Å². The number of pyridine rings is 1. The molecule has 1 saturated heterocycles. The predicted molar refractivity (Wildman–Crippen MR) is 112 cm³/mol. The van der Waals surface area contributed by atoms with E-state index in [1.165, 1.54) is 6.07 Å². The molecule has 0 bridgehead atoms. The lowest BCUT2D eigenvalue weighted by molar-refractivity contribution is -0.384. The van der Waals surface area contributed by atoms with Gasteiger partial charge in [0.05, 0.1) is 29.8 Å². The average molecular weight is 428 g/mol. The first-order chi connectivity index (χ1) is 14.8. The van der Waals surface area contributed by atoms with Crippen LogP contribution in [0.2, 0.25) is 0 Å². The molecule has 0 aliphatic carbocycles. The number of nitrogens with one attached hydrogen (secondary N) is 1. The van der Waals surface area contributed by atoms with Gasteiger partial charge in [0.1, 0.15) is 5.82 Å². The number of nitrogens with zero attached hydrogens (tertiary/aromatic N) is 3. The molecule has 1 fully saturated rings. The van der Waals surface area contributed by atoms with Crippen LogP contribution in [-0.2, 0) is 16.0 Å². The van der Waals surface area contributed by atoms with Gasteiger partial charge in [-0.15, -0.1) is 0 Å². The summed E-state index contributed by atoms with van der Waals surface area (Å²) in [5.74, 6) is -0.475. The van der Waals surface area contributed by atoms with E-state index in [0.29, 0.717) is 0 Å². The molecule has 0 saturated carbocycles. The number of amides is 1. The fraction of sp³-hybridized carbons (Fsp3) is 0.381. The summed E-state index contributed by atoms with van der Waals surface area (Å²) in [5.41, 5.74) is 0.329. The van der Waals surface area contributed by atoms with E-state index in [1.807, 2.05) is 26.0 Å². The maximum Gasteiger partial charge on any atom is 0.338 e. The molecule has 1 aromatic carbocycles. The van der Waals surface area contributed by atoms with Crippen molar-refractivity contribution in [1.29, 1.82) is 0 Å². The van der Waals surface area contributed by atoms with E-state index in [2.05, 4.69) is 19.9 Å². The number of carbonyl (C=O) groups is 2. The monoisotopic (exact) mass is 428 g/mol. The van der Waals surface area contributed by atoms with Gasteiger partial charge >= 0.3 is 5.97 Å². The molecule has 3 rings (SSSR count). The quantitative estimate of drug-likeness (QED) is 0.422. The lowest BCUT2D eigenvalue weighted by Gasteiger charge is -2.36. The number of nitro benzene ring substituents is 1. The van der Waals surface area contributed by atoms with Crippen LogP contribution in [0.5, 0.6) is 0 Å². The van der Waals surface area contributed by atoms with Crippen LogP contribution in [0.1, 0.15) is 40.1 Å². The molecule has 0 spiro atoms. The minimum absolute atomic E-state index is 0.00419. The lowest BCUT2D eigenvalue weighted by Crippen LogP contribution is -2.45. The summed E-state index contributed by atoms with van der Waals surface area (Å²) in [7, 11) is 1.16. The first-order valence-corrected chi connectivity index (χ1v) is 9.78. The van der Waals surface area contributed by atoms with Crippen LogP contribution in [0.25, 0.3) is 0 Å². The van der Waals surface area contributed by atoms with Gasteiger partial charge in [-0.1, -0.05) is 6.07 Å². The van der Waals surface area contributed by atoms with Crippen molar-refractivity contribution in [3.63, 3.8) is 0 Å². The number of methoxy groups -OCH3 is 1. The maximum atomic E-state index is 12.5. The van der Waals surface area contributed by atoms with E-state index in [1.54, 1.807) is 6.20 Å². The summed E-state index contributed by atoms with van der Waals surface area (Å²) in [6.07, 6.45) is 1.91. The third kappa shape index (κ3) is 5.54. The molecule has 2 unspecified atom stereocenters. The zero-order chi connectivity index (χ0) is 22.5. The first kappa shape index (κ1) is 22.2. The standard InChI is InChI=1S/C21H24N4O6/c1-13-11-24(12-14(2)31-13)19-5-4-15(9-22-19)10-23-20(26)16-6-17(21(27)30-3)8-18(7-16)25(28)29/h4-9,13-14H,10-12H2,1-3H3,(H,23,26). The minimum atomic E-state index is -0.760. The van der Waals surface area contributed by atoms with Gasteiger partial charge in [0.25, 0.3) is 11.6 Å². The molecule has 1 aromatic heterocycles. The highest BCUT2D eigenvalue weighted by molar-refractivity contribution is 5.98. The van der Waals surface area contributed by atoms with E-state index in [0.717, 1.165) is 43.7 Å². The lowest BCUT2D eigenvalue weighted by atomic mass is 10.1. The van der Waals surface area contributed by atoms with Gasteiger partial charge in [0.15, 0.2) is 0 Å². The molecule has 10 heteroatoms. The number of rotatable bonds is 6. The van der Waals surface area contributed by atoms with E-state index in [9.17, 15) is 19.7 Å². The molecule has 164 valence electrons. The summed E-state index contributed by atoms with van der Waals surface area (Å²) < 4.78 is 10.3. The Bertz CT molecular complexity index is 968. The van der Waals surface area contributed by atoms with Gasteiger partial charge in [-0.3, -0.25) is 14.9 Å². The smallest absolute Gasteiger partial charge is 0.338 e. The summed E-state index contributed by atoms with van der Waals surface area (Å²) >= 11 is 0. The van der Waals surface area contributed by atoms with Crippen LogP contribution in [0, 0.1) is 10.1 Å². The highest BCUT2D eigenvalue weighted by Crippen LogP contribution is 2.20. The molecule has 1 N–H and O–H groups in total. The van der Waals surface area contributed by atoms with E-state index >= 15 is 0 Å². The third-order valence-corrected chi connectivity index (χ3v) is 4.82. The molecule has 1 aliphatic rings. The number of hydrogen-bond donors (Lipinski definition) is 1. The van der Waals surface area contributed by atoms with Crippen molar-refractivity contribution in [2.45, 2.75) is 32.6 Å². The Morgan fingerprint density at radius 3 is 2.48 bits per heavy atom. The number of hydrogen-bond acceptors (Lipinski definition) is 8. The van der Waals surface area contributed by atoms with Crippen molar-refractivity contribution in [2.75, 3.05) is 25.1 Å². The van der Waals surface area contributed by atoms with E-state index in [4.69, 9.17) is 4.74 Å². The normalized spacial score (nSPS) is 18.4. The Labute approximate surface area is 179 Å². The Morgan fingerprint density at radius 1 is 1.23 bits per heavy atom. The van der Waals surface area contributed by atoms with Crippen LogP contribution < -0.4 is 10.2 Å². The topological polar surface area (TPSA) is 124 Å². The third-order valence-electron chi connectivity index (χ3n) is 4.82. The second-order valence-electron chi connectivity index (χ2n) is 7.39. The molecule has 10 nitrogen and oxygen atoms in total. The fourth-order valence-electron chi connectivity index (χ4n) is 3.44. The second-order valence-corrected chi connectivity index (χ2v) is 7.39. The van der Waals surface area contributed by atoms with Crippen molar-refractivity contribution in [2.24, 2.45) is 0 Å². The zero-order valence-electron chi connectivity index (χ0n) is 17.5. The van der Waals surface area contributed by atoms with Crippen LogP contribution in [0.15, 0.2) is 36.5 Å². The number of morpholine rings is 1. The highest BCUT2D eigenvalue weighted by Gasteiger charge is 2.23. The Balaban J connectivity index is 1.67. The highest BCUT2D eigenvalue weighted by atomic mass is 16.6. The number of non-ortho nitro benzene ring substituents is 1. The number of ether oxygens (including phenoxy) is 2. The maximum absolute atomic E-state index is 12.5. The van der Waals surface area contributed by atoms with Crippen LogP contribution in [0.3, 0.4) is 0 Å². The van der Waals surface area contributed by atoms with Crippen molar-refractivity contribution in [3.8, 4) is 0 Å². The summed E-state index contributed by atoms with van der Waals surface area (Å²) in [5, 5.41) is 13.8. The molecule has 2 aromatic rings. The second kappa shape index (κ2) is 9.52. The number of esters is 1. The molecular formula is C21H24N4O6. The molecule has 2 heterocycles. The minimum Gasteiger partial charge on any atom is -0.465 e. The van der Waals surface area contributed by atoms with E-state index in [-0.39, 0.29) is 35.6 Å². The average Bonchev–Trinajstić information content (AvgIpc) is 2.76. The van der Waals surface area contributed by atoms with E-state index < -0.39 is 16.8 Å². The van der Waals surface area contributed by atoms with Crippen LogP contribution in [-0.4, -0.2) is 54.2 Å². The fourth-order valence-corrected chi connectivity index (χ4v) is 3.44. The van der Waals surface area contributed by atoms with Gasteiger partial charge in [-0.2, -0.15) is 0 Å².